The maximum atomic E-state index is 8.14. The van der Waals surface area contributed by atoms with Gasteiger partial charge in [0.1, 0.15) is 6.21 Å². The van der Waals surface area contributed by atoms with Crippen LogP contribution in [0, 0.1) is 0 Å². The molecule has 0 atom stereocenters. The summed E-state index contributed by atoms with van der Waals surface area (Å²) in [7, 11) is 0. The monoisotopic (exact) mass is 137 g/mol. The third kappa shape index (κ3) is 1.05. The van der Waals surface area contributed by atoms with Gasteiger partial charge >= 0.3 is 0 Å². The zero-order valence-electron chi connectivity index (χ0n) is 5.31. The largest absolute Gasteiger partial charge is 0.411 e. The standard InChI is InChI=1S/C6H7N3O/c1-2-9-4-3-7-6(9)5-8-10/h2-5,10H,1H2. The Hall–Kier alpha value is -1.58. The summed E-state index contributed by atoms with van der Waals surface area (Å²) in [6.07, 6.45) is 6.12. The number of imidazole rings is 1. The van der Waals surface area contributed by atoms with E-state index in [0.717, 1.165) is 0 Å². The molecule has 0 unspecified atom stereocenters. The van der Waals surface area contributed by atoms with E-state index in [1.165, 1.54) is 6.21 Å². The van der Waals surface area contributed by atoms with Crippen molar-refractivity contribution in [3.8, 4) is 0 Å². The molecule has 0 aliphatic carbocycles. The van der Waals surface area contributed by atoms with Gasteiger partial charge in [0.05, 0.1) is 0 Å². The highest BCUT2D eigenvalue weighted by atomic mass is 16.4. The molecule has 10 heavy (non-hydrogen) atoms. The van der Waals surface area contributed by atoms with E-state index < -0.39 is 0 Å². The van der Waals surface area contributed by atoms with Gasteiger partial charge in [-0.3, -0.25) is 0 Å². The van der Waals surface area contributed by atoms with Crippen LogP contribution in [0.5, 0.6) is 0 Å². The van der Waals surface area contributed by atoms with E-state index in [0.29, 0.717) is 5.82 Å². The molecule has 52 valence electrons. The van der Waals surface area contributed by atoms with Gasteiger partial charge in [0, 0.05) is 18.6 Å². The Kier molecular flexibility index (Phi) is 1.84. The Labute approximate surface area is 58.1 Å². The second kappa shape index (κ2) is 2.82. The molecule has 4 heteroatoms. The van der Waals surface area contributed by atoms with Crippen LogP contribution in [-0.2, 0) is 0 Å². The third-order valence-electron chi connectivity index (χ3n) is 1.07. The number of hydrogen-bond acceptors (Lipinski definition) is 3. The molecule has 0 aliphatic heterocycles. The fraction of sp³-hybridized carbons (Fsp3) is 0. The third-order valence-corrected chi connectivity index (χ3v) is 1.07. The average Bonchev–Trinajstić information content (AvgIpc) is 2.36. The van der Waals surface area contributed by atoms with Crippen molar-refractivity contribution in [3.05, 3.63) is 24.8 Å². The van der Waals surface area contributed by atoms with E-state index in [9.17, 15) is 0 Å². The van der Waals surface area contributed by atoms with E-state index >= 15 is 0 Å². The van der Waals surface area contributed by atoms with Crippen molar-refractivity contribution in [1.82, 2.24) is 9.55 Å². The summed E-state index contributed by atoms with van der Waals surface area (Å²) in [6, 6.07) is 0. The molecule has 0 fully saturated rings. The molecule has 0 aromatic carbocycles. The Balaban J connectivity index is 3.00. The fourth-order valence-electron chi connectivity index (χ4n) is 0.631. The predicted octanol–water partition coefficient (Wildman–Crippen LogP) is 0.792. The summed E-state index contributed by atoms with van der Waals surface area (Å²) in [4.78, 5) is 3.86. The topological polar surface area (TPSA) is 50.4 Å². The van der Waals surface area contributed by atoms with Gasteiger partial charge in [0.15, 0.2) is 5.82 Å². The van der Waals surface area contributed by atoms with Crippen LogP contribution in [0.3, 0.4) is 0 Å². The number of aromatic nitrogens is 2. The lowest BCUT2D eigenvalue weighted by molar-refractivity contribution is 0.321. The van der Waals surface area contributed by atoms with Crippen molar-refractivity contribution in [1.29, 1.82) is 0 Å². The van der Waals surface area contributed by atoms with Crippen LogP contribution in [0.2, 0.25) is 0 Å². The van der Waals surface area contributed by atoms with Crippen LogP contribution in [0.1, 0.15) is 5.82 Å². The van der Waals surface area contributed by atoms with E-state index in [2.05, 4.69) is 16.7 Å². The zero-order valence-corrected chi connectivity index (χ0v) is 5.31. The van der Waals surface area contributed by atoms with E-state index in [4.69, 9.17) is 5.21 Å². The minimum absolute atomic E-state index is 0.553. The molecule has 1 aromatic heterocycles. The van der Waals surface area contributed by atoms with Gasteiger partial charge in [-0.15, -0.1) is 0 Å². The second-order valence-electron chi connectivity index (χ2n) is 1.62. The summed E-state index contributed by atoms with van der Waals surface area (Å²) in [5.74, 6) is 0.553. The zero-order chi connectivity index (χ0) is 7.40. The molecule has 0 bridgehead atoms. The summed E-state index contributed by atoms with van der Waals surface area (Å²) < 4.78 is 1.64. The minimum Gasteiger partial charge on any atom is -0.411 e. The first-order valence-electron chi connectivity index (χ1n) is 2.71. The van der Waals surface area contributed by atoms with Crippen molar-refractivity contribution in [2.75, 3.05) is 0 Å². The molecule has 4 nitrogen and oxygen atoms in total. The molecule has 1 heterocycles. The molecule has 0 radical (unpaired) electrons. The highest BCUT2D eigenvalue weighted by Gasteiger charge is 1.92. The fourth-order valence-corrected chi connectivity index (χ4v) is 0.631. The summed E-state index contributed by atoms with van der Waals surface area (Å²) >= 11 is 0. The lowest BCUT2D eigenvalue weighted by Gasteiger charge is -1.91. The van der Waals surface area contributed by atoms with Crippen LogP contribution in [0.15, 0.2) is 24.1 Å². The van der Waals surface area contributed by atoms with Crippen LogP contribution < -0.4 is 0 Å². The summed E-state index contributed by atoms with van der Waals surface area (Å²) in [5.41, 5.74) is 0. The molecule has 0 saturated carbocycles. The van der Waals surface area contributed by atoms with Crippen LogP contribution in [0.25, 0.3) is 6.20 Å². The lowest BCUT2D eigenvalue weighted by Crippen LogP contribution is -1.92. The quantitative estimate of drug-likeness (QED) is 0.372. The van der Waals surface area contributed by atoms with Crippen molar-refractivity contribution < 1.29 is 5.21 Å². The van der Waals surface area contributed by atoms with Crippen LogP contribution in [-0.4, -0.2) is 21.0 Å². The molecule has 1 rings (SSSR count). The van der Waals surface area contributed by atoms with Gasteiger partial charge in [-0.2, -0.15) is 0 Å². The minimum atomic E-state index is 0.553. The highest BCUT2D eigenvalue weighted by molar-refractivity contribution is 5.75. The Morgan fingerprint density at radius 3 is 3.20 bits per heavy atom. The average molecular weight is 137 g/mol. The molecular formula is C6H7N3O. The maximum absolute atomic E-state index is 8.14. The Morgan fingerprint density at radius 2 is 2.60 bits per heavy atom. The van der Waals surface area contributed by atoms with Gasteiger partial charge in [0.2, 0.25) is 0 Å². The molecule has 1 N–H and O–H groups in total. The van der Waals surface area contributed by atoms with Gasteiger partial charge in [-0.1, -0.05) is 11.7 Å². The molecule has 0 spiro atoms. The van der Waals surface area contributed by atoms with Crippen molar-refractivity contribution in [2.24, 2.45) is 5.16 Å². The van der Waals surface area contributed by atoms with Crippen molar-refractivity contribution in [3.63, 3.8) is 0 Å². The second-order valence-corrected chi connectivity index (χ2v) is 1.62. The lowest BCUT2D eigenvalue weighted by atomic mass is 10.6. The first-order chi connectivity index (χ1) is 4.88. The Morgan fingerprint density at radius 1 is 1.80 bits per heavy atom. The Bertz CT molecular complexity index is 251. The van der Waals surface area contributed by atoms with Gasteiger partial charge in [0.25, 0.3) is 0 Å². The number of hydrogen-bond donors (Lipinski definition) is 1. The molecule has 0 saturated heterocycles. The van der Waals surface area contributed by atoms with Crippen molar-refractivity contribution >= 4 is 12.4 Å². The molecule has 1 aromatic rings. The normalized spacial score (nSPS) is 10.4. The van der Waals surface area contributed by atoms with Gasteiger partial charge < -0.3 is 9.77 Å². The van der Waals surface area contributed by atoms with Crippen LogP contribution in [0.4, 0.5) is 0 Å². The smallest absolute Gasteiger partial charge is 0.158 e. The predicted molar refractivity (Wildman–Crippen MR) is 38.0 cm³/mol. The summed E-state index contributed by atoms with van der Waals surface area (Å²) in [5, 5.41) is 11.0. The number of rotatable bonds is 2. The first kappa shape index (κ1) is 6.54. The maximum Gasteiger partial charge on any atom is 0.158 e. The number of nitrogens with zero attached hydrogens (tertiary/aromatic N) is 3. The number of oxime groups is 1. The van der Waals surface area contributed by atoms with Crippen molar-refractivity contribution in [2.45, 2.75) is 0 Å². The van der Waals surface area contributed by atoms with E-state index in [1.807, 2.05) is 0 Å². The summed E-state index contributed by atoms with van der Waals surface area (Å²) in [6.45, 7) is 3.53. The molecular weight excluding hydrogens is 130 g/mol. The van der Waals surface area contributed by atoms with E-state index in [1.54, 1.807) is 23.2 Å². The van der Waals surface area contributed by atoms with Gasteiger partial charge in [-0.25, -0.2) is 4.98 Å². The SMILES string of the molecule is C=Cn1ccnc1C=NO. The van der Waals surface area contributed by atoms with E-state index in [-0.39, 0.29) is 0 Å². The van der Waals surface area contributed by atoms with Gasteiger partial charge in [-0.05, 0) is 0 Å². The van der Waals surface area contributed by atoms with Crippen LogP contribution >= 0.6 is 0 Å². The highest BCUT2D eigenvalue weighted by Crippen LogP contribution is 1.92. The first-order valence-corrected chi connectivity index (χ1v) is 2.71. The molecule has 0 amide bonds. The molecule has 0 aliphatic rings.